The molecule has 2 aromatic carbocycles. The van der Waals surface area contributed by atoms with Crippen molar-refractivity contribution in [1.82, 2.24) is 5.43 Å². The van der Waals surface area contributed by atoms with E-state index in [-0.39, 0.29) is 0 Å². The van der Waals surface area contributed by atoms with Crippen molar-refractivity contribution in [3.8, 4) is 0 Å². The molecule has 0 saturated heterocycles. The number of nitrogens with zero attached hydrogens (tertiary/aromatic N) is 1. The van der Waals surface area contributed by atoms with Gasteiger partial charge in [-0.15, -0.1) is 0 Å². The standard InChI is InChI=1S/C17H15Cl2N3O2/c1-10-3-6-14(7-11(10)2)21-16(23)17(24)22-20-9-12-4-5-13(18)8-15(12)19/h3-9H,1-2H3,(H,21,23)(H,22,24)/b20-9+. The SMILES string of the molecule is Cc1ccc(NC(=O)C(=O)N/N=C/c2ccc(Cl)cc2Cl)cc1C. The van der Waals surface area contributed by atoms with Crippen LogP contribution in [-0.4, -0.2) is 18.0 Å². The molecule has 0 unspecified atom stereocenters. The Labute approximate surface area is 149 Å². The lowest BCUT2D eigenvalue weighted by Gasteiger charge is -2.06. The molecular formula is C17H15Cl2N3O2. The van der Waals surface area contributed by atoms with Crippen LogP contribution in [0.2, 0.25) is 10.0 Å². The minimum atomic E-state index is -0.880. The molecule has 2 rings (SSSR count). The second-order valence-electron chi connectivity index (χ2n) is 5.12. The van der Waals surface area contributed by atoms with Crippen LogP contribution in [0.25, 0.3) is 0 Å². The van der Waals surface area contributed by atoms with E-state index in [9.17, 15) is 9.59 Å². The first-order valence-corrected chi connectivity index (χ1v) is 7.79. The molecule has 0 atom stereocenters. The fraction of sp³-hybridized carbons (Fsp3) is 0.118. The van der Waals surface area contributed by atoms with Gasteiger partial charge in [0.2, 0.25) is 0 Å². The van der Waals surface area contributed by atoms with Crippen LogP contribution in [0.1, 0.15) is 16.7 Å². The maximum absolute atomic E-state index is 11.8. The summed E-state index contributed by atoms with van der Waals surface area (Å²) in [5.74, 6) is -1.69. The predicted octanol–water partition coefficient (Wildman–Crippen LogP) is 3.70. The van der Waals surface area contributed by atoms with Gasteiger partial charge < -0.3 is 5.32 Å². The van der Waals surface area contributed by atoms with Crippen molar-refractivity contribution in [3.05, 3.63) is 63.1 Å². The molecule has 2 aromatic rings. The number of halogens is 2. The van der Waals surface area contributed by atoms with Crippen molar-refractivity contribution in [3.63, 3.8) is 0 Å². The van der Waals surface area contributed by atoms with E-state index < -0.39 is 11.8 Å². The average Bonchev–Trinajstić information content (AvgIpc) is 2.53. The molecule has 0 aliphatic rings. The summed E-state index contributed by atoms with van der Waals surface area (Å²) in [4.78, 5) is 23.6. The van der Waals surface area contributed by atoms with Gasteiger partial charge in [-0.1, -0.05) is 35.3 Å². The normalized spacial score (nSPS) is 10.7. The van der Waals surface area contributed by atoms with E-state index in [1.807, 2.05) is 19.9 Å². The minimum Gasteiger partial charge on any atom is -0.318 e. The highest BCUT2D eigenvalue weighted by molar-refractivity contribution is 6.39. The third kappa shape index (κ3) is 4.81. The molecule has 0 aliphatic heterocycles. The maximum atomic E-state index is 11.8. The molecule has 0 bridgehead atoms. The Hall–Kier alpha value is -2.37. The fourth-order valence-electron chi connectivity index (χ4n) is 1.82. The van der Waals surface area contributed by atoms with Crippen LogP contribution in [0, 0.1) is 13.8 Å². The topological polar surface area (TPSA) is 70.6 Å². The van der Waals surface area contributed by atoms with Crippen LogP contribution in [0.4, 0.5) is 5.69 Å². The van der Waals surface area contributed by atoms with Gasteiger partial charge in [0.05, 0.1) is 11.2 Å². The summed E-state index contributed by atoms with van der Waals surface area (Å²) in [5, 5.41) is 7.11. The lowest BCUT2D eigenvalue weighted by molar-refractivity contribution is -0.136. The Morgan fingerprint density at radius 2 is 1.75 bits per heavy atom. The van der Waals surface area contributed by atoms with Gasteiger partial charge in [0.1, 0.15) is 0 Å². The van der Waals surface area contributed by atoms with Gasteiger partial charge in [-0.2, -0.15) is 5.10 Å². The van der Waals surface area contributed by atoms with E-state index in [2.05, 4.69) is 15.8 Å². The Morgan fingerprint density at radius 3 is 2.42 bits per heavy atom. The van der Waals surface area contributed by atoms with Gasteiger partial charge in [-0.25, -0.2) is 5.43 Å². The molecular weight excluding hydrogens is 349 g/mol. The molecule has 0 saturated carbocycles. The van der Waals surface area contributed by atoms with Crippen LogP contribution in [0.5, 0.6) is 0 Å². The van der Waals surface area contributed by atoms with Crippen LogP contribution >= 0.6 is 23.2 Å². The third-order valence-electron chi connectivity index (χ3n) is 3.30. The largest absolute Gasteiger partial charge is 0.329 e. The van der Waals surface area contributed by atoms with E-state index >= 15 is 0 Å². The van der Waals surface area contributed by atoms with Crippen molar-refractivity contribution in [2.75, 3.05) is 5.32 Å². The van der Waals surface area contributed by atoms with Gasteiger partial charge in [-0.05, 0) is 49.2 Å². The van der Waals surface area contributed by atoms with Crippen molar-refractivity contribution >= 4 is 46.9 Å². The molecule has 0 aliphatic carbocycles. The molecule has 7 heteroatoms. The number of amides is 2. The van der Waals surface area contributed by atoms with E-state index in [1.54, 1.807) is 30.3 Å². The van der Waals surface area contributed by atoms with E-state index in [0.717, 1.165) is 11.1 Å². The summed E-state index contributed by atoms with van der Waals surface area (Å²) in [6, 6.07) is 10.2. The first-order valence-electron chi connectivity index (χ1n) is 7.03. The second kappa shape index (κ2) is 7.95. The molecule has 0 radical (unpaired) electrons. The number of hydrazone groups is 1. The van der Waals surface area contributed by atoms with Crippen molar-refractivity contribution in [2.24, 2.45) is 5.10 Å². The molecule has 2 N–H and O–H groups in total. The quantitative estimate of drug-likeness (QED) is 0.495. The average molecular weight is 364 g/mol. The Balaban J connectivity index is 1.95. The highest BCUT2D eigenvalue weighted by atomic mass is 35.5. The summed E-state index contributed by atoms with van der Waals surface area (Å²) < 4.78 is 0. The first kappa shape index (κ1) is 18.0. The van der Waals surface area contributed by atoms with Crippen molar-refractivity contribution in [2.45, 2.75) is 13.8 Å². The first-order chi connectivity index (χ1) is 11.4. The third-order valence-corrected chi connectivity index (χ3v) is 3.87. The molecule has 24 heavy (non-hydrogen) atoms. The van der Waals surface area contributed by atoms with Crippen molar-refractivity contribution in [1.29, 1.82) is 0 Å². The van der Waals surface area contributed by atoms with E-state index in [0.29, 0.717) is 21.3 Å². The number of hydrogen-bond donors (Lipinski definition) is 2. The molecule has 0 spiro atoms. The zero-order chi connectivity index (χ0) is 17.7. The van der Waals surface area contributed by atoms with Gasteiger partial charge >= 0.3 is 11.8 Å². The zero-order valence-corrected chi connectivity index (χ0v) is 14.6. The highest BCUT2D eigenvalue weighted by Crippen LogP contribution is 2.19. The number of rotatable bonds is 3. The van der Waals surface area contributed by atoms with Crippen molar-refractivity contribution < 1.29 is 9.59 Å². The predicted molar refractivity (Wildman–Crippen MR) is 96.7 cm³/mol. The zero-order valence-electron chi connectivity index (χ0n) is 13.1. The van der Waals surface area contributed by atoms with Crippen LogP contribution in [0.3, 0.4) is 0 Å². The van der Waals surface area contributed by atoms with Gasteiger partial charge in [-0.3, -0.25) is 9.59 Å². The molecule has 124 valence electrons. The molecule has 0 aromatic heterocycles. The van der Waals surface area contributed by atoms with Gasteiger partial charge in [0.15, 0.2) is 0 Å². The fourth-order valence-corrected chi connectivity index (χ4v) is 2.28. The molecule has 0 fully saturated rings. The molecule has 2 amide bonds. The number of nitrogens with one attached hydrogen (secondary N) is 2. The summed E-state index contributed by atoms with van der Waals surface area (Å²) in [7, 11) is 0. The van der Waals surface area contributed by atoms with Crippen LogP contribution < -0.4 is 10.7 Å². The Bertz CT molecular complexity index is 819. The monoisotopic (exact) mass is 363 g/mol. The highest BCUT2D eigenvalue weighted by Gasteiger charge is 2.13. The van der Waals surface area contributed by atoms with Gasteiger partial charge in [0.25, 0.3) is 0 Å². The Morgan fingerprint density at radius 1 is 1.00 bits per heavy atom. The van der Waals surface area contributed by atoms with E-state index in [4.69, 9.17) is 23.2 Å². The lowest BCUT2D eigenvalue weighted by Crippen LogP contribution is -2.32. The number of aryl methyl sites for hydroxylation is 2. The molecule has 5 nitrogen and oxygen atoms in total. The van der Waals surface area contributed by atoms with Gasteiger partial charge in [0, 0.05) is 16.3 Å². The summed E-state index contributed by atoms with van der Waals surface area (Å²) >= 11 is 11.8. The summed E-state index contributed by atoms with van der Waals surface area (Å²) in [6.07, 6.45) is 1.33. The lowest BCUT2D eigenvalue weighted by atomic mass is 10.1. The van der Waals surface area contributed by atoms with Crippen LogP contribution in [0.15, 0.2) is 41.5 Å². The summed E-state index contributed by atoms with van der Waals surface area (Å²) in [5.41, 5.74) is 5.37. The number of carbonyl (C=O) groups is 2. The number of carbonyl (C=O) groups excluding carboxylic acids is 2. The Kier molecular flexibility index (Phi) is 5.95. The smallest absolute Gasteiger partial charge is 0.318 e. The van der Waals surface area contributed by atoms with Crippen LogP contribution in [-0.2, 0) is 9.59 Å². The minimum absolute atomic E-state index is 0.389. The van der Waals surface area contributed by atoms with E-state index in [1.165, 1.54) is 6.21 Å². The number of hydrogen-bond acceptors (Lipinski definition) is 3. The number of anilines is 1. The molecule has 0 heterocycles. The number of benzene rings is 2. The second-order valence-corrected chi connectivity index (χ2v) is 5.96. The summed E-state index contributed by atoms with van der Waals surface area (Å²) in [6.45, 7) is 3.88. The maximum Gasteiger partial charge on any atom is 0.329 e.